The zero-order valence-corrected chi connectivity index (χ0v) is 9.48. The minimum atomic E-state index is 0.413. The predicted molar refractivity (Wildman–Crippen MR) is 57.0 cm³/mol. The minimum Gasteiger partial charge on any atom is -0.0651 e. The van der Waals surface area contributed by atoms with E-state index in [0.717, 1.165) is 5.92 Å². The van der Waals surface area contributed by atoms with Gasteiger partial charge in [-0.25, -0.2) is 0 Å². The van der Waals surface area contributed by atoms with Crippen molar-refractivity contribution < 1.29 is 0 Å². The Morgan fingerprint density at radius 1 is 1.17 bits per heavy atom. The average molecular weight is 169 g/mol. The minimum absolute atomic E-state index is 0.413. The van der Waals surface area contributed by atoms with Gasteiger partial charge in [-0.15, -0.1) is 0 Å². The molecule has 0 aromatic rings. The maximum atomic E-state index is 4.13. The van der Waals surface area contributed by atoms with E-state index in [9.17, 15) is 0 Å². The van der Waals surface area contributed by atoms with Gasteiger partial charge in [0.2, 0.25) is 0 Å². The molecule has 0 saturated heterocycles. The Hall–Kier alpha value is 0. The van der Waals surface area contributed by atoms with Crippen LogP contribution in [0.2, 0.25) is 0 Å². The van der Waals surface area contributed by atoms with Crippen LogP contribution in [0.15, 0.2) is 0 Å². The topological polar surface area (TPSA) is 0 Å². The molecule has 0 aliphatic heterocycles. The lowest BCUT2D eigenvalue weighted by Crippen LogP contribution is -2.22. The van der Waals surface area contributed by atoms with E-state index in [0.29, 0.717) is 11.3 Å². The zero-order valence-electron chi connectivity index (χ0n) is 9.48. The van der Waals surface area contributed by atoms with Gasteiger partial charge in [-0.05, 0) is 30.6 Å². The van der Waals surface area contributed by atoms with Crippen molar-refractivity contribution in [3.05, 3.63) is 6.92 Å². The summed E-state index contributed by atoms with van der Waals surface area (Å²) in [6.45, 7) is 15.6. The quantitative estimate of drug-likeness (QED) is 0.575. The van der Waals surface area contributed by atoms with Crippen LogP contribution in [-0.4, -0.2) is 0 Å². The van der Waals surface area contributed by atoms with Crippen LogP contribution in [0.25, 0.3) is 0 Å². The van der Waals surface area contributed by atoms with Crippen LogP contribution in [0.5, 0.6) is 0 Å². The third kappa shape index (κ3) is 3.60. The predicted octanol–water partition coefficient (Wildman–Crippen LogP) is 4.31. The molecule has 0 spiro atoms. The van der Waals surface area contributed by atoms with E-state index >= 15 is 0 Å². The zero-order chi connectivity index (χ0) is 9.78. The Morgan fingerprint density at radius 2 is 1.58 bits per heavy atom. The van der Waals surface area contributed by atoms with Crippen molar-refractivity contribution >= 4 is 0 Å². The summed E-state index contributed by atoms with van der Waals surface area (Å²) in [6, 6.07) is 0. The van der Waals surface area contributed by atoms with Crippen molar-refractivity contribution in [3.63, 3.8) is 0 Å². The van der Waals surface area contributed by atoms with Gasteiger partial charge in [0.05, 0.1) is 0 Å². The molecule has 1 radical (unpaired) electrons. The highest BCUT2D eigenvalue weighted by atomic mass is 14.3. The molecule has 1 unspecified atom stereocenters. The van der Waals surface area contributed by atoms with Gasteiger partial charge in [-0.2, -0.15) is 0 Å². The van der Waals surface area contributed by atoms with E-state index in [2.05, 4.69) is 41.5 Å². The molecule has 0 aromatic heterocycles. The first kappa shape index (κ1) is 12.0. The Bertz CT molecular complexity index is 107. The lowest BCUT2D eigenvalue weighted by atomic mass is 9.73. The van der Waals surface area contributed by atoms with Crippen molar-refractivity contribution in [2.24, 2.45) is 17.3 Å². The summed E-state index contributed by atoms with van der Waals surface area (Å²) < 4.78 is 0. The molecule has 0 nitrogen and oxygen atoms in total. The normalized spacial score (nSPS) is 13.0. The molecule has 0 heterocycles. The Balaban J connectivity index is 4.02. The Morgan fingerprint density at radius 3 is 1.83 bits per heavy atom. The van der Waals surface area contributed by atoms with Gasteiger partial charge in [0, 0.05) is 0 Å². The van der Waals surface area contributed by atoms with Gasteiger partial charge in [0.25, 0.3) is 0 Å². The SMILES string of the molecule is [CH2]C(C)C(C)(C)CC(CC)CC. The van der Waals surface area contributed by atoms with Gasteiger partial charge in [-0.3, -0.25) is 0 Å². The standard InChI is InChI=1S/C12H25/c1-7-11(8-2)9-12(5,6)10(3)4/h10-11H,3,7-9H2,1-2,4-6H3. The third-order valence-electron chi connectivity index (χ3n) is 3.30. The highest BCUT2D eigenvalue weighted by molar-refractivity contribution is 4.79. The van der Waals surface area contributed by atoms with E-state index in [1.165, 1.54) is 19.3 Å². The second kappa shape index (κ2) is 4.89. The van der Waals surface area contributed by atoms with Crippen LogP contribution in [0.1, 0.15) is 53.9 Å². The second-order valence-electron chi connectivity index (χ2n) is 4.78. The maximum absolute atomic E-state index is 4.13. The van der Waals surface area contributed by atoms with Crippen molar-refractivity contribution in [3.8, 4) is 0 Å². The molecule has 0 rings (SSSR count). The molecule has 0 amide bonds. The molecular weight excluding hydrogens is 144 g/mol. The lowest BCUT2D eigenvalue weighted by molar-refractivity contribution is 0.199. The number of hydrogen-bond acceptors (Lipinski definition) is 0. The first-order chi connectivity index (χ1) is 5.44. The van der Waals surface area contributed by atoms with E-state index in [4.69, 9.17) is 0 Å². The summed E-state index contributed by atoms with van der Waals surface area (Å²) >= 11 is 0. The molecule has 0 fully saturated rings. The maximum Gasteiger partial charge on any atom is -0.0326 e. The fraction of sp³-hybridized carbons (Fsp3) is 0.917. The van der Waals surface area contributed by atoms with Crippen LogP contribution in [0.4, 0.5) is 0 Å². The van der Waals surface area contributed by atoms with E-state index in [1.807, 2.05) is 0 Å². The van der Waals surface area contributed by atoms with Crippen molar-refractivity contribution in [2.75, 3.05) is 0 Å². The van der Waals surface area contributed by atoms with Crippen LogP contribution >= 0.6 is 0 Å². The molecule has 0 saturated carbocycles. The molecule has 0 bridgehead atoms. The highest BCUT2D eigenvalue weighted by Gasteiger charge is 2.24. The van der Waals surface area contributed by atoms with Gasteiger partial charge >= 0.3 is 0 Å². The second-order valence-corrected chi connectivity index (χ2v) is 4.78. The number of hydrogen-bond donors (Lipinski definition) is 0. The van der Waals surface area contributed by atoms with Crippen LogP contribution in [0, 0.1) is 24.2 Å². The van der Waals surface area contributed by atoms with Gasteiger partial charge < -0.3 is 0 Å². The molecule has 0 aliphatic carbocycles. The molecule has 0 aliphatic rings. The monoisotopic (exact) mass is 169 g/mol. The molecule has 0 N–H and O–H groups in total. The molecular formula is C12H25. The first-order valence-corrected chi connectivity index (χ1v) is 5.27. The Labute approximate surface area is 78.8 Å². The fourth-order valence-electron chi connectivity index (χ4n) is 1.52. The van der Waals surface area contributed by atoms with Crippen LogP contribution in [0.3, 0.4) is 0 Å². The largest absolute Gasteiger partial charge is 0.0651 e. The summed E-state index contributed by atoms with van der Waals surface area (Å²) in [6.07, 6.45) is 3.95. The molecule has 0 heteroatoms. The summed E-state index contributed by atoms with van der Waals surface area (Å²) in [5.41, 5.74) is 0.413. The van der Waals surface area contributed by atoms with Crippen molar-refractivity contribution in [2.45, 2.75) is 53.9 Å². The smallest absolute Gasteiger partial charge is 0.0326 e. The molecule has 1 atom stereocenters. The van der Waals surface area contributed by atoms with E-state index in [1.54, 1.807) is 0 Å². The van der Waals surface area contributed by atoms with Crippen molar-refractivity contribution in [1.29, 1.82) is 0 Å². The van der Waals surface area contributed by atoms with Gasteiger partial charge in [0.1, 0.15) is 0 Å². The molecule has 12 heavy (non-hydrogen) atoms. The van der Waals surface area contributed by atoms with E-state index in [-0.39, 0.29) is 0 Å². The molecule has 73 valence electrons. The van der Waals surface area contributed by atoms with Crippen molar-refractivity contribution in [1.82, 2.24) is 0 Å². The summed E-state index contributed by atoms with van der Waals surface area (Å²) in [7, 11) is 0. The number of rotatable bonds is 5. The van der Waals surface area contributed by atoms with Crippen LogP contribution < -0.4 is 0 Å². The first-order valence-electron chi connectivity index (χ1n) is 5.27. The highest BCUT2D eigenvalue weighted by Crippen LogP contribution is 2.35. The van der Waals surface area contributed by atoms with E-state index < -0.39 is 0 Å². The van der Waals surface area contributed by atoms with Crippen LogP contribution in [-0.2, 0) is 0 Å². The Kier molecular flexibility index (Phi) is 4.89. The fourth-order valence-corrected chi connectivity index (χ4v) is 1.52. The van der Waals surface area contributed by atoms with Gasteiger partial charge in [-0.1, -0.05) is 47.5 Å². The lowest BCUT2D eigenvalue weighted by Gasteiger charge is -2.32. The summed E-state index contributed by atoms with van der Waals surface area (Å²) in [4.78, 5) is 0. The summed E-state index contributed by atoms with van der Waals surface area (Å²) in [5.74, 6) is 1.45. The third-order valence-corrected chi connectivity index (χ3v) is 3.30. The summed E-state index contributed by atoms with van der Waals surface area (Å²) in [5, 5.41) is 0. The molecule has 0 aromatic carbocycles. The average Bonchev–Trinajstić information content (AvgIpc) is 2.00. The van der Waals surface area contributed by atoms with Gasteiger partial charge in [0.15, 0.2) is 0 Å².